The van der Waals surface area contributed by atoms with Gasteiger partial charge in [0.2, 0.25) is 0 Å². The largest absolute Gasteiger partial charge is 0.501 e. The van der Waals surface area contributed by atoms with E-state index in [2.05, 4.69) is 19.1 Å². The Bertz CT molecular complexity index is 143. The number of hydrogen-bond donors (Lipinski definition) is 0. The fraction of sp³-hybridized carbons (Fsp3) is 0.556. The van der Waals surface area contributed by atoms with Crippen LogP contribution in [0.3, 0.4) is 0 Å². The van der Waals surface area contributed by atoms with E-state index in [4.69, 9.17) is 4.74 Å². The lowest BCUT2D eigenvalue weighted by Crippen LogP contribution is -1.81. The lowest BCUT2D eigenvalue weighted by molar-refractivity contribution is 0.293. The molecule has 0 amide bonds. The molecule has 0 saturated carbocycles. The molecule has 0 radical (unpaired) electrons. The van der Waals surface area contributed by atoms with Gasteiger partial charge >= 0.3 is 0 Å². The molecular weight excluding hydrogens is 124 g/mol. The van der Waals surface area contributed by atoms with Crippen molar-refractivity contribution in [1.29, 1.82) is 0 Å². The van der Waals surface area contributed by atoms with Crippen molar-refractivity contribution in [2.45, 2.75) is 27.2 Å². The van der Waals surface area contributed by atoms with Crippen molar-refractivity contribution in [3.63, 3.8) is 0 Å². The predicted molar refractivity (Wildman–Crippen MR) is 44.8 cm³/mol. The number of allylic oxidation sites excluding steroid dienone is 4. The maximum atomic E-state index is 5.00. The van der Waals surface area contributed by atoms with Crippen molar-refractivity contribution < 1.29 is 4.74 Å². The summed E-state index contributed by atoms with van der Waals surface area (Å²) in [5.41, 5.74) is 1.32. The maximum Gasteiger partial charge on any atom is 0.0927 e. The van der Waals surface area contributed by atoms with Crippen LogP contribution in [0.15, 0.2) is 23.5 Å². The highest BCUT2D eigenvalue weighted by Crippen LogP contribution is 2.05. The van der Waals surface area contributed by atoms with E-state index in [9.17, 15) is 0 Å². The van der Waals surface area contributed by atoms with E-state index in [-0.39, 0.29) is 0 Å². The molecule has 0 aromatic rings. The standard InChI is InChI=1S/C9H16O/c1-5-9(6-2)7-8(3)10-4/h5,7H,6H2,1-4H3/b8-7+,9-5-. The molecule has 0 aromatic heterocycles. The van der Waals surface area contributed by atoms with E-state index in [0.29, 0.717) is 0 Å². The molecule has 0 spiro atoms. The minimum absolute atomic E-state index is 0.968. The SMILES string of the molecule is C/C=C(\C=C(/C)OC)CC. The van der Waals surface area contributed by atoms with Gasteiger partial charge in [0.05, 0.1) is 12.9 Å². The van der Waals surface area contributed by atoms with Crippen LogP contribution in [0.25, 0.3) is 0 Å². The lowest BCUT2D eigenvalue weighted by Gasteiger charge is -1.99. The lowest BCUT2D eigenvalue weighted by atomic mass is 10.2. The van der Waals surface area contributed by atoms with Gasteiger partial charge in [-0.2, -0.15) is 0 Å². The zero-order chi connectivity index (χ0) is 7.98. The van der Waals surface area contributed by atoms with E-state index in [1.165, 1.54) is 5.57 Å². The van der Waals surface area contributed by atoms with E-state index in [1.54, 1.807) is 7.11 Å². The zero-order valence-corrected chi connectivity index (χ0v) is 7.27. The summed E-state index contributed by atoms with van der Waals surface area (Å²) >= 11 is 0. The second-order valence-electron chi connectivity index (χ2n) is 2.18. The Hall–Kier alpha value is -0.720. The van der Waals surface area contributed by atoms with Crippen LogP contribution in [-0.2, 0) is 4.74 Å². The molecule has 0 aliphatic rings. The number of methoxy groups -OCH3 is 1. The molecule has 0 rings (SSSR count). The third-order valence-corrected chi connectivity index (χ3v) is 1.49. The second kappa shape index (κ2) is 5.10. The average Bonchev–Trinajstić information content (AvgIpc) is 1.99. The van der Waals surface area contributed by atoms with Crippen LogP contribution in [0.4, 0.5) is 0 Å². The van der Waals surface area contributed by atoms with Gasteiger partial charge < -0.3 is 4.74 Å². The number of rotatable bonds is 3. The zero-order valence-electron chi connectivity index (χ0n) is 7.27. The first-order chi connectivity index (χ1) is 4.74. The van der Waals surface area contributed by atoms with Crippen LogP contribution >= 0.6 is 0 Å². The highest BCUT2D eigenvalue weighted by atomic mass is 16.5. The predicted octanol–water partition coefficient (Wildman–Crippen LogP) is 2.89. The topological polar surface area (TPSA) is 9.23 Å². The van der Waals surface area contributed by atoms with Gasteiger partial charge in [0, 0.05) is 0 Å². The van der Waals surface area contributed by atoms with Crippen molar-refractivity contribution in [2.24, 2.45) is 0 Å². The first kappa shape index (κ1) is 9.28. The third kappa shape index (κ3) is 3.33. The van der Waals surface area contributed by atoms with E-state index in [1.807, 2.05) is 13.8 Å². The smallest absolute Gasteiger partial charge is 0.0927 e. The quantitative estimate of drug-likeness (QED) is 0.432. The first-order valence-corrected chi connectivity index (χ1v) is 3.62. The Morgan fingerprint density at radius 1 is 1.50 bits per heavy atom. The molecule has 58 valence electrons. The van der Waals surface area contributed by atoms with Crippen LogP contribution in [-0.4, -0.2) is 7.11 Å². The first-order valence-electron chi connectivity index (χ1n) is 3.62. The molecule has 0 N–H and O–H groups in total. The molecule has 0 unspecified atom stereocenters. The average molecular weight is 140 g/mol. The summed E-state index contributed by atoms with van der Waals surface area (Å²) in [4.78, 5) is 0. The number of ether oxygens (including phenoxy) is 1. The highest BCUT2D eigenvalue weighted by molar-refractivity contribution is 5.18. The fourth-order valence-corrected chi connectivity index (χ4v) is 0.710. The molecule has 0 heterocycles. The normalized spacial score (nSPS) is 13.6. The van der Waals surface area contributed by atoms with Gasteiger partial charge in [-0.3, -0.25) is 0 Å². The van der Waals surface area contributed by atoms with E-state index < -0.39 is 0 Å². The van der Waals surface area contributed by atoms with Gasteiger partial charge in [0.1, 0.15) is 0 Å². The Labute approximate surface area is 63.4 Å². The summed E-state index contributed by atoms with van der Waals surface area (Å²) in [7, 11) is 1.69. The van der Waals surface area contributed by atoms with E-state index in [0.717, 1.165) is 12.2 Å². The molecule has 0 aromatic carbocycles. The van der Waals surface area contributed by atoms with Crippen LogP contribution < -0.4 is 0 Å². The van der Waals surface area contributed by atoms with Gasteiger partial charge in [-0.25, -0.2) is 0 Å². The molecule has 0 aliphatic carbocycles. The minimum atomic E-state index is 0.968. The molecule has 0 saturated heterocycles. The summed E-state index contributed by atoms with van der Waals surface area (Å²) in [6.45, 7) is 6.13. The molecule has 0 aliphatic heterocycles. The van der Waals surface area contributed by atoms with Crippen LogP contribution in [0.2, 0.25) is 0 Å². The fourth-order valence-electron chi connectivity index (χ4n) is 0.710. The summed E-state index contributed by atoms with van der Waals surface area (Å²) in [6.07, 6.45) is 5.22. The van der Waals surface area contributed by atoms with Gasteiger partial charge in [-0.1, -0.05) is 13.0 Å². The molecular formula is C9H16O. The monoisotopic (exact) mass is 140 g/mol. The molecule has 10 heavy (non-hydrogen) atoms. The molecule has 0 atom stereocenters. The second-order valence-corrected chi connectivity index (χ2v) is 2.18. The summed E-state index contributed by atoms with van der Waals surface area (Å²) in [5, 5.41) is 0. The molecule has 1 nitrogen and oxygen atoms in total. The minimum Gasteiger partial charge on any atom is -0.501 e. The van der Waals surface area contributed by atoms with Crippen molar-refractivity contribution in [1.82, 2.24) is 0 Å². The Morgan fingerprint density at radius 3 is 2.40 bits per heavy atom. The Kier molecular flexibility index (Phi) is 4.73. The van der Waals surface area contributed by atoms with Crippen molar-refractivity contribution in [3.8, 4) is 0 Å². The Balaban J connectivity index is 4.08. The van der Waals surface area contributed by atoms with Crippen LogP contribution in [0.1, 0.15) is 27.2 Å². The highest BCUT2D eigenvalue weighted by Gasteiger charge is 1.88. The molecule has 0 bridgehead atoms. The van der Waals surface area contributed by atoms with E-state index >= 15 is 0 Å². The van der Waals surface area contributed by atoms with Crippen molar-refractivity contribution in [2.75, 3.05) is 7.11 Å². The van der Waals surface area contributed by atoms with Gasteiger partial charge in [-0.05, 0) is 31.9 Å². The maximum absolute atomic E-state index is 5.00. The van der Waals surface area contributed by atoms with Crippen molar-refractivity contribution >= 4 is 0 Å². The third-order valence-electron chi connectivity index (χ3n) is 1.49. The summed E-state index contributed by atoms with van der Waals surface area (Å²) < 4.78 is 5.00. The molecule has 0 fully saturated rings. The van der Waals surface area contributed by atoms with Crippen LogP contribution in [0, 0.1) is 0 Å². The summed E-state index contributed by atoms with van der Waals surface area (Å²) in [6, 6.07) is 0. The van der Waals surface area contributed by atoms with Gasteiger partial charge in [0.15, 0.2) is 0 Å². The number of hydrogen-bond acceptors (Lipinski definition) is 1. The Morgan fingerprint density at radius 2 is 2.10 bits per heavy atom. The van der Waals surface area contributed by atoms with Gasteiger partial charge in [-0.15, -0.1) is 0 Å². The summed E-state index contributed by atoms with van der Waals surface area (Å²) in [5.74, 6) is 0.968. The van der Waals surface area contributed by atoms with Crippen molar-refractivity contribution in [3.05, 3.63) is 23.5 Å². The molecule has 1 heteroatoms. The van der Waals surface area contributed by atoms with Crippen LogP contribution in [0.5, 0.6) is 0 Å². The van der Waals surface area contributed by atoms with Gasteiger partial charge in [0.25, 0.3) is 0 Å².